The fraction of sp³-hybridized carbons (Fsp3) is 0.250. The van der Waals surface area contributed by atoms with E-state index in [9.17, 15) is 0 Å². The van der Waals surface area contributed by atoms with E-state index in [1.54, 1.807) is 23.5 Å². The van der Waals surface area contributed by atoms with Crippen LogP contribution in [0.4, 0.5) is 5.82 Å². The van der Waals surface area contributed by atoms with E-state index < -0.39 is 0 Å². The molecule has 0 atom stereocenters. The van der Waals surface area contributed by atoms with Crippen molar-refractivity contribution in [3.8, 4) is 6.07 Å². The van der Waals surface area contributed by atoms with Crippen LogP contribution < -0.4 is 5.32 Å². The van der Waals surface area contributed by atoms with Crippen LogP contribution in [0.1, 0.15) is 21.1 Å². The van der Waals surface area contributed by atoms with Gasteiger partial charge in [-0.25, -0.2) is 9.97 Å². The largest absolute Gasteiger partial charge is 0.364 e. The van der Waals surface area contributed by atoms with E-state index in [4.69, 9.17) is 5.26 Å². The minimum atomic E-state index is 0.621. The molecule has 0 aromatic carbocycles. The summed E-state index contributed by atoms with van der Waals surface area (Å²) in [4.78, 5) is 9.77. The van der Waals surface area contributed by atoms with Crippen molar-refractivity contribution in [3.63, 3.8) is 0 Å². The number of hydrogen-bond acceptors (Lipinski definition) is 5. The van der Waals surface area contributed by atoms with E-state index >= 15 is 0 Å². The van der Waals surface area contributed by atoms with Gasteiger partial charge < -0.3 is 5.32 Å². The van der Waals surface area contributed by atoms with Gasteiger partial charge in [0.15, 0.2) is 0 Å². The Balaban J connectivity index is 2.09. The van der Waals surface area contributed by atoms with Gasteiger partial charge in [-0.1, -0.05) is 0 Å². The molecular formula is C12H12N4S. The summed E-state index contributed by atoms with van der Waals surface area (Å²) in [5.41, 5.74) is 1.46. The number of aromatic nitrogens is 2. The summed E-state index contributed by atoms with van der Waals surface area (Å²) in [5, 5.41) is 13.1. The zero-order valence-electron chi connectivity index (χ0n) is 9.69. The van der Waals surface area contributed by atoms with Gasteiger partial charge in [0.05, 0.1) is 18.2 Å². The van der Waals surface area contributed by atoms with E-state index in [0.717, 1.165) is 16.5 Å². The van der Waals surface area contributed by atoms with Gasteiger partial charge in [-0.2, -0.15) is 5.26 Å². The Bertz CT molecular complexity index is 568. The maximum absolute atomic E-state index is 8.86. The first-order chi connectivity index (χ1) is 8.17. The minimum absolute atomic E-state index is 0.621. The quantitative estimate of drug-likeness (QED) is 0.901. The molecule has 2 aromatic heterocycles. The predicted octanol–water partition coefficient (Wildman–Crippen LogP) is 2.64. The summed E-state index contributed by atoms with van der Waals surface area (Å²) in [7, 11) is 0. The smallest absolute Gasteiger partial charge is 0.127 e. The number of nitriles is 1. The van der Waals surface area contributed by atoms with E-state index in [1.165, 1.54) is 4.88 Å². The van der Waals surface area contributed by atoms with Gasteiger partial charge in [-0.3, -0.25) is 0 Å². The second kappa shape index (κ2) is 4.93. The van der Waals surface area contributed by atoms with E-state index in [-0.39, 0.29) is 0 Å². The average molecular weight is 244 g/mol. The Morgan fingerprint density at radius 1 is 1.41 bits per heavy atom. The van der Waals surface area contributed by atoms with Gasteiger partial charge >= 0.3 is 0 Å². The first-order valence-corrected chi connectivity index (χ1v) is 6.03. The van der Waals surface area contributed by atoms with Crippen molar-refractivity contribution >= 4 is 17.2 Å². The normalized spacial score (nSPS) is 9.94. The molecule has 5 heteroatoms. The number of thiazole rings is 1. The van der Waals surface area contributed by atoms with Gasteiger partial charge in [0, 0.05) is 16.8 Å². The van der Waals surface area contributed by atoms with Gasteiger partial charge in [-0.05, 0) is 26.0 Å². The van der Waals surface area contributed by atoms with Gasteiger partial charge in [0.2, 0.25) is 0 Å². The molecule has 86 valence electrons. The van der Waals surface area contributed by atoms with Crippen LogP contribution in [-0.2, 0) is 6.54 Å². The summed E-state index contributed by atoms with van der Waals surface area (Å²) in [6, 6.07) is 5.62. The Hall–Kier alpha value is -1.93. The molecule has 4 nitrogen and oxygen atoms in total. The van der Waals surface area contributed by atoms with Crippen LogP contribution in [0.3, 0.4) is 0 Å². The summed E-state index contributed by atoms with van der Waals surface area (Å²) in [6.07, 6.45) is 1.85. The van der Waals surface area contributed by atoms with Crippen molar-refractivity contribution in [2.24, 2.45) is 0 Å². The third-order valence-electron chi connectivity index (χ3n) is 2.17. The molecule has 2 rings (SSSR count). The second-order valence-electron chi connectivity index (χ2n) is 3.71. The number of aryl methyl sites for hydroxylation is 2. The van der Waals surface area contributed by atoms with Crippen LogP contribution in [0, 0.1) is 25.2 Å². The fourth-order valence-electron chi connectivity index (χ4n) is 1.47. The Kier molecular flexibility index (Phi) is 3.35. The average Bonchev–Trinajstić information content (AvgIpc) is 2.72. The number of nitrogens with zero attached hydrogens (tertiary/aromatic N) is 3. The number of anilines is 1. The third-order valence-corrected chi connectivity index (χ3v) is 3.09. The molecule has 0 radical (unpaired) electrons. The molecule has 0 unspecified atom stereocenters. The zero-order valence-corrected chi connectivity index (χ0v) is 10.5. The topological polar surface area (TPSA) is 61.6 Å². The molecule has 0 bridgehead atoms. The Labute approximate surface area is 104 Å². The maximum atomic E-state index is 8.86. The van der Waals surface area contributed by atoms with Crippen LogP contribution in [0.15, 0.2) is 18.3 Å². The highest BCUT2D eigenvalue weighted by Crippen LogP contribution is 2.14. The van der Waals surface area contributed by atoms with Crippen LogP contribution in [0.2, 0.25) is 0 Å². The lowest BCUT2D eigenvalue weighted by Gasteiger charge is -2.04. The van der Waals surface area contributed by atoms with Crippen molar-refractivity contribution in [2.75, 3.05) is 5.32 Å². The molecular weight excluding hydrogens is 232 g/mol. The highest BCUT2D eigenvalue weighted by atomic mass is 32.1. The SMILES string of the molecule is Cc1cc(C#N)cc(NCc2ncc(C)s2)n1. The summed E-state index contributed by atoms with van der Waals surface area (Å²) in [5.74, 6) is 0.717. The number of pyridine rings is 1. The van der Waals surface area contributed by atoms with Gasteiger partial charge in [0.1, 0.15) is 10.8 Å². The molecule has 0 saturated heterocycles. The predicted molar refractivity (Wildman–Crippen MR) is 67.9 cm³/mol. The van der Waals surface area contributed by atoms with E-state index in [2.05, 4.69) is 21.4 Å². The standard InChI is InChI=1S/C12H12N4S/c1-8-3-10(5-13)4-11(16-8)14-7-12-15-6-9(2)17-12/h3-4,6H,7H2,1-2H3,(H,14,16). The minimum Gasteiger partial charge on any atom is -0.364 e. The molecule has 2 aromatic rings. The molecule has 17 heavy (non-hydrogen) atoms. The Morgan fingerprint density at radius 3 is 2.88 bits per heavy atom. The molecule has 0 saturated carbocycles. The van der Waals surface area contributed by atoms with E-state index in [0.29, 0.717) is 12.1 Å². The first kappa shape index (κ1) is 11.6. The second-order valence-corrected chi connectivity index (χ2v) is 5.03. The van der Waals surface area contributed by atoms with Gasteiger partial charge in [-0.15, -0.1) is 11.3 Å². The Morgan fingerprint density at radius 2 is 2.24 bits per heavy atom. The monoisotopic (exact) mass is 244 g/mol. The van der Waals surface area contributed by atoms with Crippen molar-refractivity contribution in [3.05, 3.63) is 39.5 Å². The van der Waals surface area contributed by atoms with Crippen molar-refractivity contribution in [1.82, 2.24) is 9.97 Å². The molecule has 0 aliphatic carbocycles. The number of nitrogens with one attached hydrogen (secondary N) is 1. The maximum Gasteiger partial charge on any atom is 0.127 e. The molecule has 0 fully saturated rings. The highest BCUT2D eigenvalue weighted by molar-refractivity contribution is 7.11. The van der Waals surface area contributed by atoms with E-state index in [1.807, 2.05) is 20.0 Å². The number of hydrogen-bond donors (Lipinski definition) is 1. The number of rotatable bonds is 3. The molecule has 2 heterocycles. The lowest BCUT2D eigenvalue weighted by Crippen LogP contribution is -2.02. The zero-order chi connectivity index (χ0) is 12.3. The lowest BCUT2D eigenvalue weighted by atomic mass is 10.2. The van der Waals surface area contributed by atoms with Crippen molar-refractivity contribution in [2.45, 2.75) is 20.4 Å². The summed E-state index contributed by atoms with van der Waals surface area (Å²) in [6.45, 7) is 4.54. The fourth-order valence-corrected chi connectivity index (χ4v) is 2.20. The molecule has 0 aliphatic rings. The highest BCUT2D eigenvalue weighted by Gasteiger charge is 2.02. The van der Waals surface area contributed by atoms with Crippen LogP contribution in [0.5, 0.6) is 0 Å². The molecule has 1 N–H and O–H groups in total. The summed E-state index contributed by atoms with van der Waals surface area (Å²) >= 11 is 1.65. The molecule has 0 aliphatic heterocycles. The van der Waals surface area contributed by atoms with Gasteiger partial charge in [0.25, 0.3) is 0 Å². The molecule has 0 amide bonds. The van der Waals surface area contributed by atoms with Crippen LogP contribution in [0.25, 0.3) is 0 Å². The van der Waals surface area contributed by atoms with Crippen LogP contribution >= 0.6 is 11.3 Å². The first-order valence-electron chi connectivity index (χ1n) is 5.21. The van der Waals surface area contributed by atoms with Crippen LogP contribution in [-0.4, -0.2) is 9.97 Å². The molecule has 0 spiro atoms. The van der Waals surface area contributed by atoms with Crippen molar-refractivity contribution in [1.29, 1.82) is 5.26 Å². The summed E-state index contributed by atoms with van der Waals surface area (Å²) < 4.78 is 0. The van der Waals surface area contributed by atoms with Crippen molar-refractivity contribution < 1.29 is 0 Å². The third kappa shape index (κ3) is 3.02. The lowest BCUT2D eigenvalue weighted by molar-refractivity contribution is 1.06.